The van der Waals surface area contributed by atoms with Crippen LogP contribution in [0.3, 0.4) is 0 Å². The van der Waals surface area contributed by atoms with Crippen molar-refractivity contribution in [3.05, 3.63) is 0 Å². The van der Waals surface area contributed by atoms with Gasteiger partial charge in [0.25, 0.3) is 3.79 Å². The van der Waals surface area contributed by atoms with Crippen LogP contribution in [0.25, 0.3) is 0 Å². The fourth-order valence-corrected chi connectivity index (χ4v) is 2.62. The molecular formula is C13H20Cl3NO2Si. The van der Waals surface area contributed by atoms with E-state index < -0.39 is 17.6 Å². The van der Waals surface area contributed by atoms with Crippen LogP contribution in [0, 0.1) is 12.3 Å². The second-order valence-corrected chi connectivity index (χ2v) is 13.5. The Morgan fingerprint density at radius 1 is 1.40 bits per heavy atom. The van der Waals surface area contributed by atoms with Gasteiger partial charge in [-0.25, -0.2) is 4.99 Å². The minimum absolute atomic E-state index is 0.0271. The lowest BCUT2D eigenvalue weighted by atomic mass is 10.1. The zero-order chi connectivity index (χ0) is 15.8. The van der Waals surface area contributed by atoms with Crippen molar-refractivity contribution in [1.29, 1.82) is 0 Å². The summed E-state index contributed by atoms with van der Waals surface area (Å²) in [5.74, 6) is 2.64. The highest BCUT2D eigenvalue weighted by molar-refractivity contribution is 6.76. The van der Waals surface area contributed by atoms with Gasteiger partial charge in [-0.2, -0.15) is 0 Å². The molecule has 0 aromatic rings. The quantitative estimate of drug-likeness (QED) is 0.431. The number of aliphatic imine (C=N–C) groups is 1. The van der Waals surface area contributed by atoms with Crippen LogP contribution in [0.1, 0.15) is 20.8 Å². The van der Waals surface area contributed by atoms with E-state index in [9.17, 15) is 0 Å². The average molecular weight is 357 g/mol. The zero-order valence-corrected chi connectivity index (χ0v) is 15.7. The Balaban J connectivity index is 2.86. The molecule has 0 bridgehead atoms. The molecule has 20 heavy (non-hydrogen) atoms. The summed E-state index contributed by atoms with van der Waals surface area (Å²) in [7, 11) is -1.92. The molecule has 0 aromatic carbocycles. The van der Waals surface area contributed by atoms with Crippen LogP contribution < -0.4 is 0 Å². The van der Waals surface area contributed by atoms with Crippen molar-refractivity contribution in [2.75, 3.05) is 13.2 Å². The molecule has 0 radical (unpaired) electrons. The molecule has 0 N–H and O–H groups in total. The van der Waals surface area contributed by atoms with E-state index in [-0.39, 0.29) is 24.1 Å². The normalized spacial score (nSPS) is 24.1. The van der Waals surface area contributed by atoms with E-state index in [1.807, 2.05) is 0 Å². The molecule has 0 unspecified atom stereocenters. The third-order valence-corrected chi connectivity index (χ3v) is 8.72. The number of terminal acetylenes is 1. The predicted octanol–water partition coefficient (Wildman–Crippen LogP) is 4.18. The van der Waals surface area contributed by atoms with Crippen LogP contribution in [0.5, 0.6) is 0 Å². The minimum atomic E-state index is -1.92. The molecule has 0 saturated heterocycles. The van der Waals surface area contributed by atoms with Crippen molar-refractivity contribution in [3.8, 4) is 12.3 Å². The van der Waals surface area contributed by atoms with E-state index in [4.69, 9.17) is 50.4 Å². The maximum atomic E-state index is 6.11. The number of hydrogen-bond donors (Lipinski definition) is 0. The molecule has 1 aliphatic heterocycles. The molecule has 0 saturated carbocycles. The van der Waals surface area contributed by atoms with E-state index in [2.05, 4.69) is 44.8 Å². The first-order chi connectivity index (χ1) is 8.83. The summed E-state index contributed by atoms with van der Waals surface area (Å²) in [5.41, 5.74) is -0.908. The second-order valence-electron chi connectivity index (χ2n) is 6.43. The number of halogens is 3. The molecule has 1 aliphatic rings. The number of nitrogens with zero attached hydrogens (tertiary/aromatic N) is 1. The second kappa shape index (κ2) is 5.70. The van der Waals surface area contributed by atoms with Crippen molar-refractivity contribution >= 4 is 49.0 Å². The first kappa shape index (κ1) is 18.1. The molecule has 3 nitrogen and oxygen atoms in total. The smallest absolute Gasteiger partial charge is 0.266 e. The van der Waals surface area contributed by atoms with Gasteiger partial charge in [-0.15, -0.1) is 6.42 Å². The predicted molar refractivity (Wildman–Crippen MR) is 88.4 cm³/mol. The lowest BCUT2D eigenvalue weighted by molar-refractivity contribution is 0.195. The van der Waals surface area contributed by atoms with Crippen LogP contribution in [-0.2, 0) is 9.16 Å². The van der Waals surface area contributed by atoms with E-state index in [1.165, 1.54) is 0 Å². The molecule has 7 heteroatoms. The molecule has 0 fully saturated rings. The fourth-order valence-electron chi connectivity index (χ4n) is 1.30. The number of hydrogen-bond acceptors (Lipinski definition) is 3. The van der Waals surface area contributed by atoms with Gasteiger partial charge in [0.1, 0.15) is 6.61 Å². The Kier molecular flexibility index (Phi) is 5.16. The van der Waals surface area contributed by atoms with Gasteiger partial charge < -0.3 is 9.16 Å². The van der Waals surface area contributed by atoms with Crippen molar-refractivity contribution in [1.82, 2.24) is 0 Å². The Bertz CT molecular complexity index is 446. The number of ether oxygens (including phenoxy) is 1. The molecule has 1 heterocycles. The number of rotatable bonds is 3. The summed E-state index contributed by atoms with van der Waals surface area (Å²) >= 11 is 17.3. The van der Waals surface area contributed by atoms with Crippen molar-refractivity contribution in [2.45, 2.75) is 48.2 Å². The van der Waals surface area contributed by atoms with Gasteiger partial charge in [0, 0.05) is 0 Å². The Hall–Kier alpha value is 0.0769. The van der Waals surface area contributed by atoms with Crippen LogP contribution >= 0.6 is 34.8 Å². The lowest BCUT2D eigenvalue weighted by Gasteiger charge is -2.37. The molecule has 0 aromatic heterocycles. The van der Waals surface area contributed by atoms with E-state index in [1.54, 1.807) is 0 Å². The van der Waals surface area contributed by atoms with Crippen molar-refractivity contribution in [2.24, 2.45) is 4.99 Å². The van der Waals surface area contributed by atoms with Crippen molar-refractivity contribution in [3.63, 3.8) is 0 Å². The SMILES string of the molecule is C#C[C@]1(CO[Si](C)(C)C(C)(C)C)COC(C(Cl)(Cl)Cl)=N1. The van der Waals surface area contributed by atoms with Crippen LogP contribution in [-0.4, -0.2) is 36.8 Å². The van der Waals surface area contributed by atoms with Gasteiger partial charge in [-0.3, -0.25) is 0 Å². The summed E-state index contributed by atoms with van der Waals surface area (Å²) in [6.45, 7) is 11.2. The maximum absolute atomic E-state index is 6.11. The van der Waals surface area contributed by atoms with Crippen LogP contribution in [0.4, 0.5) is 0 Å². The third kappa shape index (κ3) is 4.05. The Morgan fingerprint density at radius 3 is 2.30 bits per heavy atom. The van der Waals surface area contributed by atoms with E-state index in [0.717, 1.165) is 0 Å². The highest BCUT2D eigenvalue weighted by atomic mass is 35.6. The Morgan fingerprint density at radius 2 is 1.95 bits per heavy atom. The van der Waals surface area contributed by atoms with Gasteiger partial charge in [0.2, 0.25) is 5.90 Å². The largest absolute Gasteiger partial charge is 0.474 e. The maximum Gasteiger partial charge on any atom is 0.266 e. The highest BCUT2D eigenvalue weighted by Crippen LogP contribution is 2.38. The first-order valence-electron chi connectivity index (χ1n) is 6.25. The van der Waals surface area contributed by atoms with Gasteiger partial charge in [-0.1, -0.05) is 61.5 Å². The summed E-state index contributed by atoms with van der Waals surface area (Å²) in [5, 5.41) is 0.0873. The zero-order valence-electron chi connectivity index (χ0n) is 12.4. The number of alkyl halides is 3. The molecule has 0 amide bonds. The minimum Gasteiger partial charge on any atom is -0.474 e. The molecule has 1 rings (SSSR count). The van der Waals surface area contributed by atoms with E-state index >= 15 is 0 Å². The summed E-state index contributed by atoms with van der Waals surface area (Å²) in [6, 6.07) is 0. The topological polar surface area (TPSA) is 30.8 Å². The lowest BCUT2D eigenvalue weighted by Crippen LogP contribution is -2.45. The third-order valence-electron chi connectivity index (χ3n) is 3.75. The molecule has 114 valence electrons. The standard InChI is InChI=1S/C13H20Cl3NO2Si/c1-7-12(8-18-10(17-12)13(14,15)16)9-19-20(5,6)11(2,3)4/h1H,8-9H2,2-6H3/t12-/m1/s1. The van der Waals surface area contributed by atoms with Gasteiger partial charge >= 0.3 is 0 Å². The summed E-state index contributed by atoms with van der Waals surface area (Å²) in [4.78, 5) is 4.25. The van der Waals surface area contributed by atoms with Crippen LogP contribution in [0.2, 0.25) is 18.1 Å². The molecular weight excluding hydrogens is 337 g/mol. The first-order valence-corrected chi connectivity index (χ1v) is 10.3. The fraction of sp³-hybridized carbons (Fsp3) is 0.769. The van der Waals surface area contributed by atoms with Gasteiger partial charge in [0.15, 0.2) is 13.9 Å². The van der Waals surface area contributed by atoms with Gasteiger partial charge in [0.05, 0.1) is 6.61 Å². The summed E-state index contributed by atoms with van der Waals surface area (Å²) < 4.78 is 9.74. The highest BCUT2D eigenvalue weighted by Gasteiger charge is 2.45. The molecule has 0 spiro atoms. The average Bonchev–Trinajstić information content (AvgIpc) is 2.70. The van der Waals surface area contributed by atoms with E-state index in [0.29, 0.717) is 0 Å². The Labute approximate surface area is 137 Å². The van der Waals surface area contributed by atoms with Crippen molar-refractivity contribution < 1.29 is 9.16 Å². The molecule has 1 atom stereocenters. The molecule has 0 aliphatic carbocycles. The summed E-state index contributed by atoms with van der Waals surface area (Å²) in [6.07, 6.45) is 5.58. The monoisotopic (exact) mass is 355 g/mol. The van der Waals surface area contributed by atoms with Gasteiger partial charge in [-0.05, 0) is 18.1 Å². The van der Waals surface area contributed by atoms with Crippen LogP contribution in [0.15, 0.2) is 4.99 Å².